The topological polar surface area (TPSA) is 64.3 Å². The van der Waals surface area contributed by atoms with E-state index in [0.717, 1.165) is 34.0 Å². The highest BCUT2D eigenvalue weighted by molar-refractivity contribution is 5.90. The number of urea groups is 1. The van der Waals surface area contributed by atoms with Gasteiger partial charge >= 0.3 is 6.03 Å². The van der Waals surface area contributed by atoms with Gasteiger partial charge in [0.25, 0.3) is 0 Å². The molecule has 2 amide bonds. The van der Waals surface area contributed by atoms with Gasteiger partial charge in [-0.15, -0.1) is 0 Å². The van der Waals surface area contributed by atoms with E-state index in [1.807, 2.05) is 77.6 Å². The van der Waals surface area contributed by atoms with E-state index in [4.69, 9.17) is 9.84 Å². The summed E-state index contributed by atoms with van der Waals surface area (Å²) in [6.45, 7) is 2.37. The number of fused-ring (bicyclic) bond motifs is 3. The van der Waals surface area contributed by atoms with Crippen LogP contribution in [0.2, 0.25) is 0 Å². The second-order valence-electron chi connectivity index (χ2n) is 9.40. The maximum atomic E-state index is 14.0. The van der Waals surface area contributed by atoms with Gasteiger partial charge in [0.2, 0.25) is 0 Å². The van der Waals surface area contributed by atoms with Crippen molar-refractivity contribution in [2.75, 3.05) is 12.4 Å². The Morgan fingerprint density at radius 1 is 1.03 bits per heavy atom. The normalized spacial score (nSPS) is 14.3. The molecule has 0 radical (unpaired) electrons. The van der Waals surface area contributed by atoms with Gasteiger partial charge in [-0.1, -0.05) is 43.3 Å². The van der Waals surface area contributed by atoms with E-state index in [1.165, 1.54) is 12.1 Å². The summed E-state index contributed by atoms with van der Waals surface area (Å²) in [7, 11) is 1.63. The Balaban J connectivity index is 1.56. The maximum Gasteiger partial charge on any atom is 0.322 e. The number of rotatable bonds is 5. The number of anilines is 1. The van der Waals surface area contributed by atoms with Crippen molar-refractivity contribution >= 4 is 11.7 Å². The number of ether oxygens (including phenoxy) is 1. The fraction of sp³-hybridized carbons (Fsp3) is 0.161. The summed E-state index contributed by atoms with van der Waals surface area (Å²) in [4.78, 5) is 15.8. The maximum absolute atomic E-state index is 14.0. The quantitative estimate of drug-likeness (QED) is 0.287. The Morgan fingerprint density at radius 2 is 1.85 bits per heavy atom. The van der Waals surface area contributed by atoms with Crippen LogP contribution in [0.5, 0.6) is 5.75 Å². The molecule has 0 bridgehead atoms. The molecule has 1 atom stereocenters. The van der Waals surface area contributed by atoms with Crippen LogP contribution in [0.25, 0.3) is 11.5 Å². The number of methoxy groups -OCH3 is 1. The first kappa shape index (κ1) is 24.5. The number of halogens is 1. The number of hydrogen-bond donors (Lipinski definition) is 1. The van der Waals surface area contributed by atoms with Crippen LogP contribution in [-0.2, 0) is 13.0 Å². The van der Waals surface area contributed by atoms with Crippen LogP contribution in [0.4, 0.5) is 14.9 Å². The summed E-state index contributed by atoms with van der Waals surface area (Å²) in [6, 6.07) is 26.9. The summed E-state index contributed by atoms with van der Waals surface area (Å²) in [6.07, 6.45) is 2.71. The Labute approximate surface area is 226 Å². The molecule has 0 saturated heterocycles. The molecule has 0 saturated carbocycles. The van der Waals surface area contributed by atoms with Crippen molar-refractivity contribution in [1.29, 1.82) is 0 Å². The van der Waals surface area contributed by atoms with E-state index >= 15 is 0 Å². The summed E-state index contributed by atoms with van der Waals surface area (Å²) in [5.41, 5.74) is 4.98. The zero-order valence-electron chi connectivity index (χ0n) is 21.7. The summed E-state index contributed by atoms with van der Waals surface area (Å²) >= 11 is 0. The number of aryl methyl sites for hydroxylation is 1. The average Bonchev–Trinajstić information content (AvgIpc) is 3.54. The van der Waals surface area contributed by atoms with Crippen molar-refractivity contribution in [3.05, 3.63) is 126 Å². The van der Waals surface area contributed by atoms with Gasteiger partial charge in [-0.2, -0.15) is 5.10 Å². The third-order valence-electron chi connectivity index (χ3n) is 7.05. The number of carbonyl (C=O) groups excluding carboxylic acids is 1. The highest BCUT2D eigenvalue weighted by atomic mass is 19.1. The van der Waals surface area contributed by atoms with Crippen molar-refractivity contribution in [3.8, 4) is 17.3 Å². The predicted octanol–water partition coefficient (Wildman–Crippen LogP) is 6.51. The SMILES string of the molecule is CCc1nn(-c2ccccc2)c2c1CN(C(=O)Nc1cccc(F)c1)[C@@H](c1cccc(OC)c1)c1cccn1-2. The molecular weight excluding hydrogens is 493 g/mol. The van der Waals surface area contributed by atoms with Crippen LogP contribution in [0, 0.1) is 5.82 Å². The van der Waals surface area contributed by atoms with Crippen molar-refractivity contribution < 1.29 is 13.9 Å². The number of nitrogens with zero attached hydrogens (tertiary/aromatic N) is 4. The molecule has 6 rings (SSSR count). The molecule has 39 heavy (non-hydrogen) atoms. The Bertz CT molecular complexity index is 1640. The first-order chi connectivity index (χ1) is 19.1. The van der Waals surface area contributed by atoms with E-state index in [2.05, 4.69) is 16.8 Å². The Hall–Kier alpha value is -4.85. The molecule has 7 nitrogen and oxygen atoms in total. The molecule has 1 aliphatic rings. The molecule has 0 fully saturated rings. The lowest BCUT2D eigenvalue weighted by Gasteiger charge is -2.31. The molecule has 0 spiro atoms. The van der Waals surface area contributed by atoms with E-state index in [1.54, 1.807) is 24.1 Å². The third-order valence-corrected chi connectivity index (χ3v) is 7.05. The van der Waals surface area contributed by atoms with Crippen LogP contribution in [0.3, 0.4) is 0 Å². The van der Waals surface area contributed by atoms with E-state index in [0.29, 0.717) is 24.4 Å². The summed E-state index contributed by atoms with van der Waals surface area (Å²) in [5.74, 6) is 1.18. The van der Waals surface area contributed by atoms with Gasteiger partial charge in [0.1, 0.15) is 17.4 Å². The predicted molar refractivity (Wildman–Crippen MR) is 148 cm³/mol. The van der Waals surface area contributed by atoms with Crippen LogP contribution in [0.1, 0.15) is 35.5 Å². The van der Waals surface area contributed by atoms with Crippen LogP contribution in [-0.4, -0.2) is 32.4 Å². The molecule has 0 aliphatic carbocycles. The minimum atomic E-state index is -0.454. The Kier molecular flexibility index (Phi) is 6.36. The van der Waals surface area contributed by atoms with E-state index < -0.39 is 11.9 Å². The number of carbonyl (C=O) groups is 1. The van der Waals surface area contributed by atoms with Gasteiger partial charge in [0, 0.05) is 17.4 Å². The molecule has 2 aromatic heterocycles. The van der Waals surface area contributed by atoms with Crippen molar-refractivity contribution in [2.24, 2.45) is 0 Å². The number of hydrogen-bond acceptors (Lipinski definition) is 3. The Morgan fingerprint density at radius 3 is 2.62 bits per heavy atom. The van der Waals surface area contributed by atoms with E-state index in [9.17, 15) is 9.18 Å². The van der Waals surface area contributed by atoms with Crippen LogP contribution < -0.4 is 10.1 Å². The number of aromatic nitrogens is 3. The minimum absolute atomic E-state index is 0.302. The number of benzene rings is 3. The lowest BCUT2D eigenvalue weighted by atomic mass is 10.0. The second-order valence-corrected chi connectivity index (χ2v) is 9.40. The second kappa shape index (κ2) is 10.1. The van der Waals surface area contributed by atoms with Gasteiger partial charge in [0.15, 0.2) is 0 Å². The molecule has 3 heterocycles. The van der Waals surface area contributed by atoms with Crippen molar-refractivity contribution in [3.63, 3.8) is 0 Å². The number of amides is 2. The molecule has 0 unspecified atom stereocenters. The zero-order chi connectivity index (χ0) is 26.9. The van der Waals surface area contributed by atoms with Crippen molar-refractivity contribution in [2.45, 2.75) is 25.9 Å². The van der Waals surface area contributed by atoms with E-state index in [-0.39, 0.29) is 6.03 Å². The summed E-state index contributed by atoms with van der Waals surface area (Å²) in [5, 5.41) is 7.90. The van der Waals surface area contributed by atoms with Gasteiger partial charge in [-0.3, -0.25) is 0 Å². The largest absolute Gasteiger partial charge is 0.497 e. The first-order valence-corrected chi connectivity index (χ1v) is 12.9. The van der Waals surface area contributed by atoms with Crippen LogP contribution in [0.15, 0.2) is 97.2 Å². The number of nitrogens with one attached hydrogen (secondary N) is 1. The molecule has 8 heteroatoms. The highest BCUT2D eigenvalue weighted by Crippen LogP contribution is 2.39. The molecule has 3 aromatic carbocycles. The molecule has 5 aromatic rings. The fourth-order valence-corrected chi connectivity index (χ4v) is 5.27. The standard InChI is InChI=1S/C31H28FN5O2/c1-3-27-26-20-36(31(38)33-23-12-8-11-22(32)19-23)29(21-10-7-15-25(18-21)39-2)28-16-9-17-35(28)30(26)37(34-27)24-13-5-4-6-14-24/h4-19,29H,3,20H2,1-2H3,(H,33,38)/t29-/m0/s1. The fourth-order valence-electron chi connectivity index (χ4n) is 5.27. The van der Waals surface area contributed by atoms with Gasteiger partial charge < -0.3 is 19.5 Å². The third kappa shape index (κ3) is 4.44. The van der Waals surface area contributed by atoms with Crippen LogP contribution >= 0.6 is 0 Å². The highest BCUT2D eigenvalue weighted by Gasteiger charge is 2.36. The minimum Gasteiger partial charge on any atom is -0.497 e. The summed E-state index contributed by atoms with van der Waals surface area (Å²) < 4.78 is 23.6. The lowest BCUT2D eigenvalue weighted by molar-refractivity contribution is 0.194. The monoisotopic (exact) mass is 521 g/mol. The van der Waals surface area contributed by atoms with Crippen molar-refractivity contribution in [1.82, 2.24) is 19.2 Å². The van der Waals surface area contributed by atoms with Gasteiger partial charge in [0.05, 0.1) is 36.8 Å². The first-order valence-electron chi connectivity index (χ1n) is 12.9. The average molecular weight is 522 g/mol. The number of para-hydroxylation sites is 1. The van der Waals surface area contributed by atoms with Gasteiger partial charge in [-0.05, 0) is 66.6 Å². The van der Waals surface area contributed by atoms with Gasteiger partial charge in [-0.25, -0.2) is 13.9 Å². The smallest absolute Gasteiger partial charge is 0.322 e. The molecule has 196 valence electrons. The lowest BCUT2D eigenvalue weighted by Crippen LogP contribution is -2.38. The zero-order valence-corrected chi connectivity index (χ0v) is 21.7. The molecular formula is C31H28FN5O2. The molecule has 1 N–H and O–H groups in total. The molecule has 1 aliphatic heterocycles.